The summed E-state index contributed by atoms with van der Waals surface area (Å²) in [5.74, 6) is -0.396. The first-order valence-corrected chi connectivity index (χ1v) is 4.76. The van der Waals surface area contributed by atoms with Crippen molar-refractivity contribution in [3.63, 3.8) is 0 Å². The molecule has 0 amide bonds. The van der Waals surface area contributed by atoms with Crippen molar-refractivity contribution in [2.45, 2.75) is 32.4 Å². The Balaban J connectivity index is 2.99. The third-order valence-corrected chi connectivity index (χ3v) is 2.35. The fourth-order valence-electron chi connectivity index (χ4n) is 1.34. The molecular weight excluding hydrogens is 181 g/mol. The van der Waals surface area contributed by atoms with Crippen molar-refractivity contribution >= 4 is 0 Å². The largest absolute Gasteiger partial charge is 0.387 e. The fraction of sp³-hybridized carbons (Fsp3) is 0.455. The summed E-state index contributed by atoms with van der Waals surface area (Å²) in [7, 11) is 0. The lowest BCUT2D eigenvalue weighted by atomic mass is 9.99. The van der Waals surface area contributed by atoms with Crippen LogP contribution in [-0.4, -0.2) is 11.1 Å². The van der Waals surface area contributed by atoms with Crippen molar-refractivity contribution in [3.05, 3.63) is 35.1 Å². The van der Waals surface area contributed by atoms with Gasteiger partial charge in [-0.2, -0.15) is 0 Å². The Morgan fingerprint density at radius 1 is 1.50 bits per heavy atom. The van der Waals surface area contributed by atoms with E-state index in [1.54, 1.807) is 12.1 Å². The Morgan fingerprint density at radius 2 is 2.14 bits per heavy atom. The molecule has 0 aliphatic carbocycles. The minimum absolute atomic E-state index is 0.291. The molecule has 3 N–H and O–H groups in total. The lowest BCUT2D eigenvalue weighted by Gasteiger charge is -2.18. The van der Waals surface area contributed by atoms with Gasteiger partial charge in [-0.05, 0) is 19.4 Å². The van der Waals surface area contributed by atoms with Crippen LogP contribution in [0, 0.1) is 12.7 Å². The fourth-order valence-corrected chi connectivity index (χ4v) is 1.34. The zero-order valence-corrected chi connectivity index (χ0v) is 8.50. The Morgan fingerprint density at radius 3 is 2.71 bits per heavy atom. The molecule has 0 saturated heterocycles. The summed E-state index contributed by atoms with van der Waals surface area (Å²) in [5.41, 5.74) is 6.86. The molecule has 0 aromatic heterocycles. The normalized spacial score (nSPS) is 15.2. The summed E-state index contributed by atoms with van der Waals surface area (Å²) in [4.78, 5) is 0. The summed E-state index contributed by atoms with van der Waals surface area (Å²) < 4.78 is 13.3. The van der Waals surface area contributed by atoms with Crippen molar-refractivity contribution in [2.75, 3.05) is 0 Å². The van der Waals surface area contributed by atoms with Gasteiger partial charge in [0.1, 0.15) is 5.82 Å². The van der Waals surface area contributed by atoms with Crippen molar-refractivity contribution in [3.8, 4) is 0 Å². The second-order valence-electron chi connectivity index (χ2n) is 3.54. The smallest absolute Gasteiger partial charge is 0.129 e. The summed E-state index contributed by atoms with van der Waals surface area (Å²) >= 11 is 0. The van der Waals surface area contributed by atoms with E-state index in [2.05, 4.69) is 0 Å². The first-order chi connectivity index (χ1) is 6.56. The van der Waals surface area contributed by atoms with Crippen LogP contribution < -0.4 is 5.73 Å². The second kappa shape index (κ2) is 4.53. The zero-order valence-electron chi connectivity index (χ0n) is 8.50. The predicted octanol–water partition coefficient (Wildman–Crippen LogP) is 1.90. The molecule has 0 heterocycles. The Bertz CT molecular complexity index is 314. The van der Waals surface area contributed by atoms with E-state index in [0.717, 1.165) is 5.56 Å². The SMILES string of the molecule is CC[C@H](N)[C@H](O)c1cc(C)ccc1F. The minimum Gasteiger partial charge on any atom is -0.387 e. The first-order valence-electron chi connectivity index (χ1n) is 4.76. The van der Waals surface area contributed by atoms with Crippen LogP contribution in [0.4, 0.5) is 4.39 Å². The van der Waals surface area contributed by atoms with Gasteiger partial charge < -0.3 is 10.8 Å². The molecule has 0 spiro atoms. The van der Waals surface area contributed by atoms with Crippen LogP contribution in [0.2, 0.25) is 0 Å². The van der Waals surface area contributed by atoms with E-state index in [0.29, 0.717) is 12.0 Å². The van der Waals surface area contributed by atoms with E-state index in [-0.39, 0.29) is 0 Å². The van der Waals surface area contributed by atoms with E-state index in [1.165, 1.54) is 6.07 Å². The first kappa shape index (κ1) is 11.1. The molecule has 1 aromatic rings. The average molecular weight is 197 g/mol. The molecule has 1 rings (SSSR count). The van der Waals surface area contributed by atoms with Gasteiger partial charge in [-0.25, -0.2) is 4.39 Å². The monoisotopic (exact) mass is 197 g/mol. The van der Waals surface area contributed by atoms with Gasteiger partial charge in [0.15, 0.2) is 0 Å². The number of hydrogen-bond acceptors (Lipinski definition) is 2. The number of aryl methyl sites for hydroxylation is 1. The van der Waals surface area contributed by atoms with Crippen molar-refractivity contribution < 1.29 is 9.50 Å². The number of aliphatic hydroxyl groups excluding tert-OH is 1. The topological polar surface area (TPSA) is 46.2 Å². The van der Waals surface area contributed by atoms with E-state index in [4.69, 9.17) is 5.73 Å². The molecule has 0 unspecified atom stereocenters. The van der Waals surface area contributed by atoms with E-state index < -0.39 is 18.0 Å². The highest BCUT2D eigenvalue weighted by molar-refractivity contribution is 5.26. The van der Waals surface area contributed by atoms with E-state index in [1.807, 2.05) is 13.8 Å². The summed E-state index contributed by atoms with van der Waals surface area (Å²) in [6.07, 6.45) is -0.297. The molecule has 0 aliphatic rings. The summed E-state index contributed by atoms with van der Waals surface area (Å²) in [6, 6.07) is 4.25. The highest BCUT2D eigenvalue weighted by atomic mass is 19.1. The molecule has 2 nitrogen and oxygen atoms in total. The van der Waals surface area contributed by atoms with Crippen LogP contribution in [0.25, 0.3) is 0 Å². The van der Waals surface area contributed by atoms with Crippen LogP contribution in [0.15, 0.2) is 18.2 Å². The number of nitrogens with two attached hydrogens (primary N) is 1. The Labute approximate surface area is 83.6 Å². The summed E-state index contributed by atoms with van der Waals surface area (Å²) in [5, 5.41) is 9.73. The van der Waals surface area contributed by atoms with Gasteiger partial charge in [-0.15, -0.1) is 0 Å². The maximum absolute atomic E-state index is 13.3. The van der Waals surface area contributed by atoms with Crippen molar-refractivity contribution in [1.82, 2.24) is 0 Å². The molecule has 78 valence electrons. The Kier molecular flexibility index (Phi) is 3.61. The highest BCUT2D eigenvalue weighted by Gasteiger charge is 2.18. The highest BCUT2D eigenvalue weighted by Crippen LogP contribution is 2.21. The van der Waals surface area contributed by atoms with Gasteiger partial charge in [0.25, 0.3) is 0 Å². The van der Waals surface area contributed by atoms with Gasteiger partial charge in [-0.3, -0.25) is 0 Å². The number of halogens is 1. The summed E-state index contributed by atoms with van der Waals surface area (Å²) in [6.45, 7) is 3.72. The predicted molar refractivity (Wildman–Crippen MR) is 54.4 cm³/mol. The molecule has 14 heavy (non-hydrogen) atoms. The quantitative estimate of drug-likeness (QED) is 0.777. The lowest BCUT2D eigenvalue weighted by Crippen LogP contribution is -2.28. The Hall–Kier alpha value is -0.930. The third-order valence-electron chi connectivity index (χ3n) is 2.35. The molecule has 1 aromatic carbocycles. The van der Waals surface area contributed by atoms with Crippen LogP contribution in [0.1, 0.15) is 30.6 Å². The number of hydrogen-bond donors (Lipinski definition) is 2. The standard InChI is InChI=1S/C11H16FNO/c1-3-10(13)11(14)8-6-7(2)4-5-9(8)12/h4-6,10-11,14H,3,13H2,1-2H3/t10-,11+/m0/s1. The molecule has 3 heteroatoms. The van der Waals surface area contributed by atoms with Crippen LogP contribution in [-0.2, 0) is 0 Å². The maximum atomic E-state index is 13.3. The van der Waals surface area contributed by atoms with E-state index >= 15 is 0 Å². The van der Waals surface area contributed by atoms with Crippen molar-refractivity contribution in [1.29, 1.82) is 0 Å². The molecule has 0 bridgehead atoms. The number of aliphatic hydroxyl groups is 1. The van der Waals surface area contributed by atoms with Crippen LogP contribution in [0.3, 0.4) is 0 Å². The average Bonchev–Trinajstić information content (AvgIpc) is 2.19. The third kappa shape index (κ3) is 2.30. The van der Waals surface area contributed by atoms with Gasteiger partial charge in [0, 0.05) is 11.6 Å². The van der Waals surface area contributed by atoms with Crippen LogP contribution >= 0.6 is 0 Å². The molecule has 2 atom stereocenters. The maximum Gasteiger partial charge on any atom is 0.129 e. The zero-order chi connectivity index (χ0) is 10.7. The van der Waals surface area contributed by atoms with Gasteiger partial charge in [0.2, 0.25) is 0 Å². The number of benzene rings is 1. The molecule has 0 fully saturated rings. The van der Waals surface area contributed by atoms with E-state index in [9.17, 15) is 9.50 Å². The van der Waals surface area contributed by atoms with Crippen LogP contribution in [0.5, 0.6) is 0 Å². The van der Waals surface area contributed by atoms with Gasteiger partial charge in [-0.1, -0.05) is 24.6 Å². The second-order valence-corrected chi connectivity index (χ2v) is 3.54. The molecule has 0 aliphatic heterocycles. The van der Waals surface area contributed by atoms with Gasteiger partial charge >= 0.3 is 0 Å². The molecule has 0 radical (unpaired) electrons. The van der Waals surface area contributed by atoms with Gasteiger partial charge in [0.05, 0.1) is 6.10 Å². The van der Waals surface area contributed by atoms with Crippen molar-refractivity contribution in [2.24, 2.45) is 5.73 Å². The molecular formula is C11H16FNO. The number of rotatable bonds is 3. The minimum atomic E-state index is -0.917. The lowest BCUT2D eigenvalue weighted by molar-refractivity contribution is 0.140. The molecule has 0 saturated carbocycles.